The van der Waals surface area contributed by atoms with Crippen LogP contribution in [0.25, 0.3) is 0 Å². The van der Waals surface area contributed by atoms with E-state index in [2.05, 4.69) is 0 Å². The van der Waals surface area contributed by atoms with E-state index in [0.29, 0.717) is 0 Å². The van der Waals surface area contributed by atoms with Crippen molar-refractivity contribution in [2.75, 3.05) is 0 Å². The average molecular weight is 142 g/mol. The summed E-state index contributed by atoms with van der Waals surface area (Å²) in [7, 11) is 0. The van der Waals surface area contributed by atoms with Crippen LogP contribution in [0.5, 0.6) is 0 Å². The van der Waals surface area contributed by atoms with Crippen LogP contribution in [0, 0.1) is 0 Å². The molecule has 0 heterocycles. The summed E-state index contributed by atoms with van der Waals surface area (Å²) in [6, 6.07) is 0. The summed E-state index contributed by atoms with van der Waals surface area (Å²) in [4.78, 5) is 20.9. The van der Waals surface area contributed by atoms with Crippen LogP contribution < -0.4 is 0 Å². The van der Waals surface area contributed by atoms with E-state index >= 15 is 0 Å². The van der Waals surface area contributed by atoms with Gasteiger partial charge in [0, 0.05) is 12.5 Å². The van der Waals surface area contributed by atoms with Crippen LogP contribution in [0.2, 0.25) is 0 Å². The van der Waals surface area contributed by atoms with Crippen molar-refractivity contribution in [2.24, 2.45) is 0 Å². The Morgan fingerprint density at radius 3 is 1.50 bits per heavy atom. The lowest BCUT2D eigenvalue weighted by molar-refractivity contribution is -0.118. The maximum absolute atomic E-state index is 10.5. The molecule has 0 aliphatic rings. The van der Waals surface area contributed by atoms with Crippen LogP contribution >= 0.6 is 0 Å². The molecule has 0 radical (unpaired) electrons. The summed E-state index contributed by atoms with van der Waals surface area (Å²) in [5.41, 5.74) is 0.118. The molecular formula is C7H10O3. The zero-order chi connectivity index (χ0) is 8.31. The number of ketones is 2. The SMILES string of the molecule is CC(=O)/C(C)=C(\O)C(C)=O. The van der Waals surface area contributed by atoms with Crippen LogP contribution in [0.15, 0.2) is 11.3 Å². The molecule has 0 aromatic carbocycles. The second-order valence-corrected chi connectivity index (χ2v) is 2.09. The summed E-state index contributed by atoms with van der Waals surface area (Å²) in [5.74, 6) is -1.20. The van der Waals surface area contributed by atoms with Gasteiger partial charge in [-0.25, -0.2) is 0 Å². The number of allylic oxidation sites excluding steroid dienone is 2. The Bertz CT molecular complexity index is 179. The Morgan fingerprint density at radius 1 is 1.00 bits per heavy atom. The molecule has 3 heteroatoms. The molecule has 10 heavy (non-hydrogen) atoms. The molecule has 0 aliphatic carbocycles. The number of hydrogen-bond acceptors (Lipinski definition) is 3. The van der Waals surface area contributed by atoms with E-state index < -0.39 is 11.5 Å². The lowest BCUT2D eigenvalue weighted by Crippen LogP contribution is -2.04. The van der Waals surface area contributed by atoms with Gasteiger partial charge < -0.3 is 5.11 Å². The molecule has 0 spiro atoms. The summed E-state index contributed by atoms with van der Waals surface area (Å²) < 4.78 is 0. The number of carbonyl (C=O) groups is 2. The van der Waals surface area contributed by atoms with Crippen molar-refractivity contribution in [1.82, 2.24) is 0 Å². The Morgan fingerprint density at radius 2 is 1.40 bits per heavy atom. The molecule has 0 rings (SSSR count). The number of Topliss-reactive ketones (excluding diaryl/α,β-unsaturated/α-hetero) is 2. The third-order valence-electron chi connectivity index (χ3n) is 1.22. The first kappa shape index (κ1) is 8.88. The van der Waals surface area contributed by atoms with E-state index in [1.54, 1.807) is 0 Å². The van der Waals surface area contributed by atoms with E-state index in [1.165, 1.54) is 20.8 Å². The number of hydrogen-bond donors (Lipinski definition) is 1. The van der Waals surface area contributed by atoms with Gasteiger partial charge in [-0.3, -0.25) is 9.59 Å². The third kappa shape index (κ3) is 2.01. The van der Waals surface area contributed by atoms with Crippen LogP contribution in [-0.2, 0) is 9.59 Å². The molecule has 1 N–H and O–H groups in total. The normalized spacial score (nSPS) is 12.3. The number of rotatable bonds is 2. The highest BCUT2D eigenvalue weighted by molar-refractivity contribution is 6.02. The molecule has 0 unspecified atom stereocenters. The first-order chi connectivity index (χ1) is 4.46. The number of aliphatic hydroxyl groups excluding tert-OH is 1. The van der Waals surface area contributed by atoms with Crippen molar-refractivity contribution in [3.05, 3.63) is 11.3 Å². The van der Waals surface area contributed by atoms with E-state index in [4.69, 9.17) is 5.11 Å². The highest BCUT2D eigenvalue weighted by atomic mass is 16.3. The third-order valence-corrected chi connectivity index (χ3v) is 1.22. The topological polar surface area (TPSA) is 54.4 Å². The molecule has 0 saturated heterocycles. The van der Waals surface area contributed by atoms with Gasteiger partial charge in [0.15, 0.2) is 17.3 Å². The Hall–Kier alpha value is -1.12. The first-order valence-electron chi connectivity index (χ1n) is 2.88. The Kier molecular flexibility index (Phi) is 2.80. The summed E-state index contributed by atoms with van der Waals surface area (Å²) in [6.45, 7) is 3.93. The second-order valence-electron chi connectivity index (χ2n) is 2.09. The predicted molar refractivity (Wildman–Crippen MR) is 36.7 cm³/mol. The number of carbonyl (C=O) groups excluding carboxylic acids is 2. The van der Waals surface area contributed by atoms with Gasteiger partial charge in [0.05, 0.1) is 0 Å². The Labute approximate surface area is 59.4 Å². The van der Waals surface area contributed by atoms with Gasteiger partial charge in [0.2, 0.25) is 0 Å². The van der Waals surface area contributed by atoms with Gasteiger partial charge >= 0.3 is 0 Å². The monoisotopic (exact) mass is 142 g/mol. The molecule has 0 amide bonds. The maximum atomic E-state index is 10.5. The van der Waals surface area contributed by atoms with Crippen molar-refractivity contribution in [2.45, 2.75) is 20.8 Å². The van der Waals surface area contributed by atoms with Gasteiger partial charge in [-0.05, 0) is 13.8 Å². The zero-order valence-electron chi connectivity index (χ0n) is 6.26. The minimum atomic E-state index is -0.479. The first-order valence-corrected chi connectivity index (χ1v) is 2.88. The van der Waals surface area contributed by atoms with Crippen molar-refractivity contribution < 1.29 is 14.7 Å². The van der Waals surface area contributed by atoms with Crippen molar-refractivity contribution in [3.63, 3.8) is 0 Å². The predicted octanol–water partition coefficient (Wildman–Crippen LogP) is 0.996. The van der Waals surface area contributed by atoms with E-state index in [-0.39, 0.29) is 11.4 Å². The zero-order valence-corrected chi connectivity index (χ0v) is 6.26. The van der Waals surface area contributed by atoms with Crippen molar-refractivity contribution in [1.29, 1.82) is 0 Å². The second kappa shape index (κ2) is 3.15. The van der Waals surface area contributed by atoms with Crippen LogP contribution in [0.4, 0.5) is 0 Å². The van der Waals surface area contributed by atoms with Crippen LogP contribution in [0.3, 0.4) is 0 Å². The molecule has 0 atom stereocenters. The van der Waals surface area contributed by atoms with Crippen LogP contribution in [-0.4, -0.2) is 16.7 Å². The molecule has 0 saturated carbocycles. The molecule has 56 valence electrons. The quantitative estimate of drug-likeness (QED) is 0.462. The smallest absolute Gasteiger partial charge is 0.194 e. The number of aliphatic hydroxyl groups is 1. The van der Waals surface area contributed by atoms with E-state index in [0.717, 1.165) is 0 Å². The van der Waals surface area contributed by atoms with Gasteiger partial charge in [0.25, 0.3) is 0 Å². The van der Waals surface area contributed by atoms with Crippen molar-refractivity contribution in [3.8, 4) is 0 Å². The van der Waals surface area contributed by atoms with E-state index in [1.807, 2.05) is 0 Å². The lowest BCUT2D eigenvalue weighted by atomic mass is 10.1. The largest absolute Gasteiger partial charge is 0.504 e. The summed E-state index contributed by atoms with van der Waals surface area (Å²) in [6.07, 6.45) is 0. The van der Waals surface area contributed by atoms with Crippen LogP contribution in [0.1, 0.15) is 20.8 Å². The fourth-order valence-corrected chi connectivity index (χ4v) is 0.431. The Balaban J connectivity index is 4.67. The molecule has 0 aromatic heterocycles. The minimum Gasteiger partial charge on any atom is -0.504 e. The highest BCUT2D eigenvalue weighted by Gasteiger charge is 2.08. The average Bonchev–Trinajstić information content (AvgIpc) is 1.84. The standard InChI is InChI=1S/C7H10O3/c1-4(5(2)8)7(10)6(3)9/h10H,1-3H3/b7-4-. The fourth-order valence-electron chi connectivity index (χ4n) is 0.431. The van der Waals surface area contributed by atoms with Gasteiger partial charge in [-0.15, -0.1) is 0 Å². The molecule has 0 bridgehead atoms. The lowest BCUT2D eigenvalue weighted by Gasteiger charge is -1.96. The van der Waals surface area contributed by atoms with Gasteiger partial charge in [-0.1, -0.05) is 0 Å². The maximum Gasteiger partial charge on any atom is 0.194 e. The minimum absolute atomic E-state index is 0.118. The molecule has 0 aliphatic heterocycles. The fraction of sp³-hybridized carbons (Fsp3) is 0.429. The summed E-state index contributed by atoms with van der Waals surface area (Å²) >= 11 is 0. The molecular weight excluding hydrogens is 132 g/mol. The summed E-state index contributed by atoms with van der Waals surface area (Å²) in [5, 5.41) is 8.87. The van der Waals surface area contributed by atoms with E-state index in [9.17, 15) is 9.59 Å². The van der Waals surface area contributed by atoms with Gasteiger partial charge in [-0.2, -0.15) is 0 Å². The molecule has 3 nitrogen and oxygen atoms in total. The molecule has 0 fully saturated rings. The van der Waals surface area contributed by atoms with Gasteiger partial charge in [0.1, 0.15) is 0 Å². The van der Waals surface area contributed by atoms with Crippen molar-refractivity contribution >= 4 is 11.6 Å². The highest BCUT2D eigenvalue weighted by Crippen LogP contribution is 2.01. The molecule has 0 aromatic rings.